The predicted molar refractivity (Wildman–Crippen MR) is 109 cm³/mol. The summed E-state index contributed by atoms with van der Waals surface area (Å²) in [6.45, 7) is 2.73. The van der Waals surface area contributed by atoms with Gasteiger partial charge in [-0.25, -0.2) is 13.2 Å². The average Bonchev–Trinajstić information content (AvgIpc) is 2.67. The van der Waals surface area contributed by atoms with E-state index in [2.05, 4.69) is 11.6 Å². The van der Waals surface area contributed by atoms with Gasteiger partial charge in [-0.3, -0.25) is 4.72 Å². The Morgan fingerprint density at radius 2 is 1.75 bits per heavy atom. The number of hydrogen-bond acceptors (Lipinski definition) is 4. The normalized spacial score (nSPS) is 11.3. The van der Waals surface area contributed by atoms with Crippen LogP contribution in [0.5, 0.6) is 5.75 Å². The van der Waals surface area contributed by atoms with Gasteiger partial charge in [0.05, 0.1) is 22.8 Å². The quantitative estimate of drug-likeness (QED) is 0.543. The highest BCUT2D eigenvalue weighted by Crippen LogP contribution is 2.26. The zero-order chi connectivity index (χ0) is 20.1. The number of fused-ring (bicyclic) bond motifs is 1. The molecule has 0 amide bonds. The predicted octanol–water partition coefficient (Wildman–Crippen LogP) is 4.52. The maximum atomic E-state index is 12.7. The van der Waals surface area contributed by atoms with Crippen molar-refractivity contribution in [1.82, 2.24) is 0 Å². The molecule has 3 rings (SSSR count). The number of hydrogen-bond donors (Lipinski definition) is 2. The van der Waals surface area contributed by atoms with Crippen molar-refractivity contribution in [2.24, 2.45) is 0 Å². The Morgan fingerprint density at radius 3 is 2.50 bits per heavy atom. The third-order valence-electron chi connectivity index (χ3n) is 4.26. The fourth-order valence-corrected chi connectivity index (χ4v) is 3.87. The number of carboxylic acid groups (broad SMARTS) is 1. The van der Waals surface area contributed by atoms with Crippen molar-refractivity contribution >= 4 is 32.5 Å². The van der Waals surface area contributed by atoms with E-state index in [1.807, 2.05) is 12.1 Å². The van der Waals surface area contributed by atoms with Crippen LogP contribution in [0.1, 0.15) is 30.1 Å². The van der Waals surface area contributed by atoms with E-state index in [0.29, 0.717) is 6.61 Å². The standard InChI is InChI=1S/C21H21NO5S/c1-2-3-12-27-17-10-8-16-14-18(11-9-15(16)13-17)28(25,26)22-20-7-5-4-6-19(20)21(23)24/h4-11,13-14,22H,2-3,12H2,1H3,(H,23,24). The lowest BCUT2D eigenvalue weighted by Crippen LogP contribution is -2.15. The van der Waals surface area contributed by atoms with Gasteiger partial charge in [-0.15, -0.1) is 0 Å². The molecule has 0 atom stereocenters. The summed E-state index contributed by atoms with van der Waals surface area (Å²) in [6.07, 6.45) is 2.02. The zero-order valence-corrected chi connectivity index (χ0v) is 16.2. The van der Waals surface area contributed by atoms with E-state index >= 15 is 0 Å². The SMILES string of the molecule is CCCCOc1ccc2cc(S(=O)(=O)Nc3ccccc3C(=O)O)ccc2c1. The van der Waals surface area contributed by atoms with E-state index in [4.69, 9.17) is 4.74 Å². The first-order chi connectivity index (χ1) is 13.4. The molecule has 0 spiro atoms. The average molecular weight is 399 g/mol. The molecule has 0 heterocycles. The van der Waals surface area contributed by atoms with E-state index in [1.54, 1.807) is 24.3 Å². The van der Waals surface area contributed by atoms with Crippen LogP contribution in [-0.2, 0) is 10.0 Å². The molecule has 0 aromatic heterocycles. The van der Waals surface area contributed by atoms with Crippen LogP contribution in [0.25, 0.3) is 10.8 Å². The van der Waals surface area contributed by atoms with Gasteiger partial charge in [0.25, 0.3) is 10.0 Å². The minimum atomic E-state index is -3.93. The molecule has 6 nitrogen and oxygen atoms in total. The van der Waals surface area contributed by atoms with Crippen molar-refractivity contribution in [3.63, 3.8) is 0 Å². The number of para-hydroxylation sites is 1. The molecule has 0 fully saturated rings. The van der Waals surface area contributed by atoms with Crippen molar-refractivity contribution in [3.05, 3.63) is 66.2 Å². The first-order valence-corrected chi connectivity index (χ1v) is 10.4. The van der Waals surface area contributed by atoms with E-state index < -0.39 is 16.0 Å². The number of nitrogens with one attached hydrogen (secondary N) is 1. The fourth-order valence-electron chi connectivity index (χ4n) is 2.76. The van der Waals surface area contributed by atoms with Gasteiger partial charge in [0.2, 0.25) is 0 Å². The molecule has 0 radical (unpaired) electrons. The third-order valence-corrected chi connectivity index (χ3v) is 5.63. The molecule has 0 aliphatic carbocycles. The molecule has 146 valence electrons. The number of benzene rings is 3. The second-order valence-corrected chi connectivity index (χ2v) is 8.01. The summed E-state index contributed by atoms with van der Waals surface area (Å²) >= 11 is 0. The number of unbranched alkanes of at least 4 members (excludes halogenated alkanes) is 1. The molecule has 0 unspecified atom stereocenters. The van der Waals surface area contributed by atoms with Crippen LogP contribution in [0.2, 0.25) is 0 Å². The number of ether oxygens (including phenoxy) is 1. The van der Waals surface area contributed by atoms with Gasteiger partial charge in [-0.1, -0.05) is 37.6 Å². The Kier molecular flexibility index (Phi) is 5.84. The minimum absolute atomic E-state index is 0.0229. The highest BCUT2D eigenvalue weighted by Gasteiger charge is 2.18. The van der Waals surface area contributed by atoms with E-state index in [1.165, 1.54) is 24.3 Å². The monoisotopic (exact) mass is 399 g/mol. The van der Waals surface area contributed by atoms with Crippen LogP contribution in [0.15, 0.2) is 65.6 Å². The van der Waals surface area contributed by atoms with Crippen molar-refractivity contribution in [3.8, 4) is 5.75 Å². The molecule has 2 N–H and O–H groups in total. The molecule has 0 aliphatic rings. The van der Waals surface area contributed by atoms with E-state index in [9.17, 15) is 18.3 Å². The number of carboxylic acids is 1. The van der Waals surface area contributed by atoms with Crippen LogP contribution in [-0.4, -0.2) is 26.1 Å². The van der Waals surface area contributed by atoms with Crippen LogP contribution < -0.4 is 9.46 Å². The first-order valence-electron chi connectivity index (χ1n) is 8.92. The molecule has 3 aromatic rings. The van der Waals surface area contributed by atoms with Gasteiger partial charge in [-0.2, -0.15) is 0 Å². The van der Waals surface area contributed by atoms with Crippen LogP contribution >= 0.6 is 0 Å². The first kappa shape index (κ1) is 19.7. The summed E-state index contributed by atoms with van der Waals surface area (Å²) in [4.78, 5) is 11.4. The van der Waals surface area contributed by atoms with Crippen LogP contribution in [0.4, 0.5) is 5.69 Å². The van der Waals surface area contributed by atoms with E-state index in [-0.39, 0.29) is 16.1 Å². The minimum Gasteiger partial charge on any atom is -0.494 e. The molecule has 28 heavy (non-hydrogen) atoms. The van der Waals surface area contributed by atoms with Crippen molar-refractivity contribution in [2.75, 3.05) is 11.3 Å². The van der Waals surface area contributed by atoms with Crippen LogP contribution in [0.3, 0.4) is 0 Å². The fraction of sp³-hybridized carbons (Fsp3) is 0.190. The van der Waals surface area contributed by atoms with Crippen LogP contribution in [0, 0.1) is 0 Å². The maximum absolute atomic E-state index is 12.7. The Labute approximate surface area is 163 Å². The lowest BCUT2D eigenvalue weighted by molar-refractivity contribution is 0.0698. The van der Waals surface area contributed by atoms with Gasteiger partial charge in [0.1, 0.15) is 5.75 Å². The molecule has 0 saturated carbocycles. The Balaban J connectivity index is 1.88. The topological polar surface area (TPSA) is 92.7 Å². The molecule has 0 aliphatic heterocycles. The van der Waals surface area contributed by atoms with E-state index in [0.717, 1.165) is 29.4 Å². The van der Waals surface area contributed by atoms with Gasteiger partial charge in [-0.05, 0) is 53.6 Å². The molecule has 0 saturated heterocycles. The van der Waals surface area contributed by atoms with Gasteiger partial charge in [0.15, 0.2) is 0 Å². The molecule has 3 aromatic carbocycles. The second-order valence-electron chi connectivity index (χ2n) is 6.33. The summed E-state index contributed by atoms with van der Waals surface area (Å²) in [5, 5.41) is 10.8. The smallest absolute Gasteiger partial charge is 0.337 e. The second kappa shape index (κ2) is 8.31. The summed E-state index contributed by atoms with van der Waals surface area (Å²) in [6, 6.07) is 16.1. The lowest BCUT2D eigenvalue weighted by Gasteiger charge is -2.11. The summed E-state index contributed by atoms with van der Waals surface area (Å²) < 4.78 is 33.5. The van der Waals surface area contributed by atoms with Crippen molar-refractivity contribution in [2.45, 2.75) is 24.7 Å². The molecular weight excluding hydrogens is 378 g/mol. The Morgan fingerprint density at radius 1 is 1.04 bits per heavy atom. The highest BCUT2D eigenvalue weighted by atomic mass is 32.2. The largest absolute Gasteiger partial charge is 0.494 e. The molecule has 0 bridgehead atoms. The third kappa shape index (κ3) is 4.43. The number of aromatic carboxylic acids is 1. The highest BCUT2D eigenvalue weighted by molar-refractivity contribution is 7.92. The number of rotatable bonds is 8. The number of anilines is 1. The summed E-state index contributed by atoms with van der Waals surface area (Å²) in [7, 11) is -3.93. The zero-order valence-electron chi connectivity index (χ0n) is 15.4. The molecular formula is C21H21NO5S. The van der Waals surface area contributed by atoms with Crippen molar-refractivity contribution < 1.29 is 23.1 Å². The van der Waals surface area contributed by atoms with Gasteiger partial charge in [0, 0.05) is 0 Å². The summed E-state index contributed by atoms with van der Waals surface area (Å²) in [5.41, 5.74) is -0.0875. The van der Waals surface area contributed by atoms with Gasteiger partial charge >= 0.3 is 5.97 Å². The molecule has 7 heteroatoms. The Hall–Kier alpha value is -3.06. The summed E-state index contributed by atoms with van der Waals surface area (Å²) in [5.74, 6) is -0.461. The number of carbonyl (C=O) groups is 1. The lowest BCUT2D eigenvalue weighted by atomic mass is 10.1. The maximum Gasteiger partial charge on any atom is 0.337 e. The Bertz CT molecular complexity index is 1110. The van der Waals surface area contributed by atoms with Gasteiger partial charge < -0.3 is 9.84 Å². The number of sulfonamides is 1. The van der Waals surface area contributed by atoms with Crippen molar-refractivity contribution in [1.29, 1.82) is 0 Å².